The van der Waals surface area contributed by atoms with Crippen molar-refractivity contribution in [3.63, 3.8) is 0 Å². The van der Waals surface area contributed by atoms with Gasteiger partial charge in [-0.15, -0.1) is 0 Å². The average molecular weight is 328 g/mol. The molecule has 6 nitrogen and oxygen atoms in total. The van der Waals surface area contributed by atoms with Crippen molar-refractivity contribution in [1.82, 2.24) is 14.9 Å². The molecule has 2 rings (SSSR count). The average Bonchev–Trinajstić information content (AvgIpc) is 2.55. The first-order chi connectivity index (χ1) is 11.4. The minimum Gasteiger partial charge on any atom is -0.491 e. The van der Waals surface area contributed by atoms with E-state index in [9.17, 15) is 4.79 Å². The quantitative estimate of drug-likeness (QED) is 0.914. The number of hydrogen-bond acceptors (Lipinski definition) is 4. The van der Waals surface area contributed by atoms with E-state index in [4.69, 9.17) is 4.74 Å². The predicted octanol–water partition coefficient (Wildman–Crippen LogP) is 3.32. The van der Waals surface area contributed by atoms with Crippen LogP contribution in [-0.2, 0) is 5.41 Å². The van der Waals surface area contributed by atoms with Gasteiger partial charge in [-0.2, -0.15) is 0 Å². The molecule has 0 saturated heterocycles. The van der Waals surface area contributed by atoms with Crippen LogP contribution >= 0.6 is 0 Å². The first-order valence-corrected chi connectivity index (χ1v) is 7.89. The zero-order valence-corrected chi connectivity index (χ0v) is 14.6. The molecule has 1 aromatic carbocycles. The number of urea groups is 1. The smallest absolute Gasteiger partial charge is 0.324 e. The van der Waals surface area contributed by atoms with Crippen LogP contribution in [0.5, 0.6) is 5.75 Å². The van der Waals surface area contributed by atoms with Crippen LogP contribution in [0, 0.1) is 0 Å². The van der Waals surface area contributed by atoms with E-state index < -0.39 is 0 Å². The molecular weight excluding hydrogens is 304 g/mol. The molecule has 0 aliphatic rings. The lowest BCUT2D eigenvalue weighted by Crippen LogP contribution is -2.35. The lowest BCUT2D eigenvalue weighted by Gasteiger charge is -2.23. The van der Waals surface area contributed by atoms with Crippen molar-refractivity contribution in [1.29, 1.82) is 0 Å². The number of amides is 2. The second-order valence-corrected chi connectivity index (χ2v) is 6.52. The second kappa shape index (κ2) is 7.77. The van der Waals surface area contributed by atoms with Crippen molar-refractivity contribution in [3.05, 3.63) is 48.3 Å². The number of aromatic nitrogens is 2. The van der Waals surface area contributed by atoms with Crippen LogP contribution in [0.1, 0.15) is 26.3 Å². The summed E-state index contributed by atoms with van der Waals surface area (Å²) in [7, 11) is 1.71. The van der Waals surface area contributed by atoms with Gasteiger partial charge in [0.25, 0.3) is 0 Å². The molecule has 2 aromatic rings. The van der Waals surface area contributed by atoms with Gasteiger partial charge in [0, 0.05) is 19.4 Å². The van der Waals surface area contributed by atoms with Crippen molar-refractivity contribution in [2.45, 2.75) is 26.2 Å². The topological polar surface area (TPSA) is 67.3 Å². The lowest BCUT2D eigenvalue weighted by molar-refractivity contribution is 0.206. The van der Waals surface area contributed by atoms with Gasteiger partial charge in [0.1, 0.15) is 12.4 Å². The van der Waals surface area contributed by atoms with Gasteiger partial charge in [-0.05, 0) is 23.1 Å². The van der Waals surface area contributed by atoms with E-state index in [0.29, 0.717) is 13.2 Å². The van der Waals surface area contributed by atoms with Crippen molar-refractivity contribution < 1.29 is 9.53 Å². The number of benzene rings is 1. The number of ether oxygens (including phenoxy) is 1. The molecule has 1 aromatic heterocycles. The Kier molecular flexibility index (Phi) is 5.73. The largest absolute Gasteiger partial charge is 0.491 e. The summed E-state index contributed by atoms with van der Waals surface area (Å²) in [5, 5.41) is 2.64. The third kappa shape index (κ3) is 4.94. The van der Waals surface area contributed by atoms with Crippen molar-refractivity contribution in [2.24, 2.45) is 0 Å². The molecule has 1 heterocycles. The Labute approximate surface area is 142 Å². The third-order valence-corrected chi connectivity index (χ3v) is 3.51. The Morgan fingerprint density at radius 3 is 2.50 bits per heavy atom. The molecule has 6 heteroatoms. The van der Waals surface area contributed by atoms with Crippen LogP contribution in [0.3, 0.4) is 0 Å². The highest BCUT2D eigenvalue weighted by atomic mass is 16.5. The summed E-state index contributed by atoms with van der Waals surface area (Å²) in [5.41, 5.74) is 1.15. The Bertz CT molecular complexity index is 668. The summed E-state index contributed by atoms with van der Waals surface area (Å²) in [6, 6.07) is 9.41. The molecule has 0 radical (unpaired) electrons. The van der Waals surface area contributed by atoms with E-state index in [1.807, 2.05) is 18.2 Å². The number of nitrogens with one attached hydrogen (secondary N) is 1. The molecule has 0 aliphatic carbocycles. The fourth-order valence-electron chi connectivity index (χ4n) is 2.16. The molecule has 0 atom stereocenters. The molecule has 0 spiro atoms. The molecule has 0 saturated carbocycles. The SMILES string of the molecule is CN(CCOc1ccccc1C(C)(C)C)C(=O)Nc1ncccn1. The summed E-state index contributed by atoms with van der Waals surface area (Å²) in [4.78, 5) is 21.5. The standard InChI is InChI=1S/C18H24N4O2/c1-18(2,3)14-8-5-6-9-15(14)24-13-12-22(4)17(23)21-16-19-10-7-11-20-16/h5-11H,12-13H2,1-4H3,(H,19,20,21,23). The van der Waals surface area contributed by atoms with Gasteiger partial charge in [0.05, 0.1) is 6.54 Å². The van der Waals surface area contributed by atoms with Crippen LogP contribution in [0.25, 0.3) is 0 Å². The normalized spacial score (nSPS) is 11.0. The van der Waals surface area contributed by atoms with Gasteiger partial charge in [-0.1, -0.05) is 39.0 Å². The summed E-state index contributed by atoms with van der Waals surface area (Å²) < 4.78 is 5.88. The van der Waals surface area contributed by atoms with E-state index in [0.717, 1.165) is 11.3 Å². The summed E-state index contributed by atoms with van der Waals surface area (Å²) in [6.45, 7) is 7.31. The van der Waals surface area contributed by atoms with Crippen LogP contribution in [0.2, 0.25) is 0 Å². The van der Waals surface area contributed by atoms with Crippen molar-refractivity contribution >= 4 is 12.0 Å². The maximum atomic E-state index is 12.1. The minimum atomic E-state index is -0.270. The van der Waals surface area contributed by atoms with E-state index in [2.05, 4.69) is 42.1 Å². The van der Waals surface area contributed by atoms with E-state index in [1.165, 1.54) is 4.90 Å². The monoisotopic (exact) mass is 328 g/mol. The first kappa shape index (κ1) is 17.7. The van der Waals surface area contributed by atoms with E-state index >= 15 is 0 Å². The number of hydrogen-bond donors (Lipinski definition) is 1. The van der Waals surface area contributed by atoms with Crippen LogP contribution < -0.4 is 10.1 Å². The molecule has 0 aliphatic heterocycles. The lowest BCUT2D eigenvalue weighted by atomic mass is 9.86. The zero-order chi connectivity index (χ0) is 17.6. The molecule has 2 amide bonds. The molecule has 0 unspecified atom stereocenters. The highest BCUT2D eigenvalue weighted by molar-refractivity contribution is 5.87. The molecule has 1 N–H and O–H groups in total. The van der Waals surface area contributed by atoms with Gasteiger partial charge in [0.15, 0.2) is 0 Å². The summed E-state index contributed by atoms with van der Waals surface area (Å²) in [6.07, 6.45) is 3.16. The van der Waals surface area contributed by atoms with E-state index in [-0.39, 0.29) is 17.4 Å². The number of carbonyl (C=O) groups is 1. The maximum absolute atomic E-state index is 12.1. The van der Waals surface area contributed by atoms with E-state index in [1.54, 1.807) is 25.5 Å². The number of para-hydroxylation sites is 1. The second-order valence-electron chi connectivity index (χ2n) is 6.52. The van der Waals surface area contributed by atoms with Crippen LogP contribution in [0.4, 0.5) is 10.7 Å². The molecule has 0 bridgehead atoms. The Morgan fingerprint density at radius 1 is 1.17 bits per heavy atom. The van der Waals surface area contributed by atoms with Gasteiger partial charge < -0.3 is 9.64 Å². The number of rotatable bonds is 5. The molecule has 128 valence electrons. The molecule has 0 fully saturated rings. The first-order valence-electron chi connectivity index (χ1n) is 7.89. The van der Waals surface area contributed by atoms with Gasteiger partial charge in [0.2, 0.25) is 5.95 Å². The third-order valence-electron chi connectivity index (χ3n) is 3.51. The Morgan fingerprint density at radius 2 is 1.83 bits per heavy atom. The number of likely N-dealkylation sites (N-methyl/N-ethyl adjacent to an activating group) is 1. The minimum absolute atomic E-state index is 0.00448. The van der Waals surface area contributed by atoms with Crippen LogP contribution in [-0.4, -0.2) is 41.1 Å². The van der Waals surface area contributed by atoms with Crippen molar-refractivity contribution in [2.75, 3.05) is 25.5 Å². The van der Waals surface area contributed by atoms with Crippen LogP contribution in [0.15, 0.2) is 42.7 Å². The molecular formula is C18H24N4O2. The predicted molar refractivity (Wildman–Crippen MR) is 94.3 cm³/mol. The molecule has 24 heavy (non-hydrogen) atoms. The Hall–Kier alpha value is -2.63. The highest BCUT2D eigenvalue weighted by Crippen LogP contribution is 2.30. The summed E-state index contributed by atoms with van der Waals surface area (Å²) >= 11 is 0. The van der Waals surface area contributed by atoms with Crippen molar-refractivity contribution in [3.8, 4) is 5.75 Å². The maximum Gasteiger partial charge on any atom is 0.324 e. The van der Waals surface area contributed by atoms with Gasteiger partial charge in [-0.3, -0.25) is 5.32 Å². The zero-order valence-electron chi connectivity index (χ0n) is 14.6. The number of carbonyl (C=O) groups excluding carboxylic acids is 1. The summed E-state index contributed by atoms with van der Waals surface area (Å²) in [5.74, 6) is 1.14. The fraction of sp³-hybridized carbons (Fsp3) is 0.389. The highest BCUT2D eigenvalue weighted by Gasteiger charge is 2.18. The van der Waals surface area contributed by atoms with Gasteiger partial charge >= 0.3 is 6.03 Å². The Balaban J connectivity index is 1.87. The fourth-order valence-corrected chi connectivity index (χ4v) is 2.16. The number of anilines is 1. The van der Waals surface area contributed by atoms with Gasteiger partial charge in [-0.25, -0.2) is 14.8 Å². The number of nitrogens with zero attached hydrogens (tertiary/aromatic N) is 3.